The lowest BCUT2D eigenvalue weighted by molar-refractivity contribution is 0.261. The van der Waals surface area contributed by atoms with Gasteiger partial charge in [-0.2, -0.15) is 0 Å². The molecule has 2 aromatic carbocycles. The van der Waals surface area contributed by atoms with E-state index in [1.54, 1.807) is 7.11 Å². The standard InChI is InChI=1S/C16H19NO/c1-18-14-10-9-11-5-2-3-8-13(11)15(14)16(17)12-6-4-7-12/h2-3,5,8-10,12,16H,4,6-7,17H2,1H3/t16-/m1/s1. The van der Waals surface area contributed by atoms with Gasteiger partial charge in [0.2, 0.25) is 0 Å². The zero-order chi connectivity index (χ0) is 12.5. The van der Waals surface area contributed by atoms with Gasteiger partial charge in [-0.25, -0.2) is 0 Å². The monoisotopic (exact) mass is 241 g/mol. The van der Waals surface area contributed by atoms with E-state index in [2.05, 4.69) is 30.3 Å². The van der Waals surface area contributed by atoms with E-state index < -0.39 is 0 Å². The molecule has 3 rings (SSSR count). The van der Waals surface area contributed by atoms with Crippen LogP contribution in [0.1, 0.15) is 30.9 Å². The molecule has 94 valence electrons. The molecule has 2 nitrogen and oxygen atoms in total. The molecule has 2 aromatic rings. The van der Waals surface area contributed by atoms with Crippen LogP contribution in [0.25, 0.3) is 10.8 Å². The smallest absolute Gasteiger partial charge is 0.124 e. The first-order valence-corrected chi connectivity index (χ1v) is 6.62. The maximum Gasteiger partial charge on any atom is 0.124 e. The Morgan fingerprint density at radius 3 is 2.61 bits per heavy atom. The average Bonchev–Trinajstić information content (AvgIpc) is 2.35. The highest BCUT2D eigenvalue weighted by atomic mass is 16.5. The summed E-state index contributed by atoms with van der Waals surface area (Å²) in [5.41, 5.74) is 7.64. The summed E-state index contributed by atoms with van der Waals surface area (Å²) in [7, 11) is 1.72. The molecule has 0 amide bonds. The topological polar surface area (TPSA) is 35.2 Å². The summed E-state index contributed by atoms with van der Waals surface area (Å²) in [5, 5.41) is 2.47. The van der Waals surface area contributed by atoms with Crippen molar-refractivity contribution >= 4 is 10.8 Å². The second-order valence-corrected chi connectivity index (χ2v) is 5.12. The first-order valence-electron chi connectivity index (χ1n) is 6.62. The molecule has 1 atom stereocenters. The molecule has 0 heterocycles. The van der Waals surface area contributed by atoms with E-state index in [1.807, 2.05) is 6.07 Å². The van der Waals surface area contributed by atoms with Crippen molar-refractivity contribution in [2.45, 2.75) is 25.3 Å². The van der Waals surface area contributed by atoms with Crippen molar-refractivity contribution in [1.82, 2.24) is 0 Å². The summed E-state index contributed by atoms with van der Waals surface area (Å²) >= 11 is 0. The summed E-state index contributed by atoms with van der Waals surface area (Å²) < 4.78 is 5.51. The van der Waals surface area contributed by atoms with E-state index in [1.165, 1.54) is 35.6 Å². The molecule has 0 radical (unpaired) electrons. The minimum absolute atomic E-state index is 0.0970. The van der Waals surface area contributed by atoms with Crippen molar-refractivity contribution in [1.29, 1.82) is 0 Å². The summed E-state index contributed by atoms with van der Waals surface area (Å²) in [6.45, 7) is 0. The van der Waals surface area contributed by atoms with E-state index >= 15 is 0 Å². The highest BCUT2D eigenvalue weighted by Crippen LogP contribution is 2.42. The van der Waals surface area contributed by atoms with Gasteiger partial charge in [-0.1, -0.05) is 36.8 Å². The minimum Gasteiger partial charge on any atom is -0.496 e. The van der Waals surface area contributed by atoms with Crippen LogP contribution in [-0.4, -0.2) is 7.11 Å². The van der Waals surface area contributed by atoms with E-state index in [9.17, 15) is 0 Å². The van der Waals surface area contributed by atoms with Crippen LogP contribution in [-0.2, 0) is 0 Å². The Balaban J connectivity index is 2.16. The Morgan fingerprint density at radius 1 is 1.17 bits per heavy atom. The third-order valence-corrected chi connectivity index (χ3v) is 4.14. The second-order valence-electron chi connectivity index (χ2n) is 5.12. The first kappa shape index (κ1) is 11.5. The van der Waals surface area contributed by atoms with Crippen molar-refractivity contribution in [3.63, 3.8) is 0 Å². The Kier molecular flexibility index (Phi) is 2.96. The highest BCUT2D eigenvalue weighted by molar-refractivity contribution is 5.88. The van der Waals surface area contributed by atoms with Crippen LogP contribution in [0.5, 0.6) is 5.75 Å². The molecule has 1 fully saturated rings. The molecule has 2 N–H and O–H groups in total. The number of fused-ring (bicyclic) bond motifs is 1. The molecule has 1 saturated carbocycles. The predicted molar refractivity (Wildman–Crippen MR) is 74.8 cm³/mol. The number of benzene rings is 2. The van der Waals surface area contributed by atoms with Crippen molar-refractivity contribution in [2.24, 2.45) is 11.7 Å². The molecule has 0 aromatic heterocycles. The molecule has 0 bridgehead atoms. The van der Waals surface area contributed by atoms with Crippen LogP contribution in [0.4, 0.5) is 0 Å². The summed E-state index contributed by atoms with van der Waals surface area (Å²) in [6, 6.07) is 12.6. The van der Waals surface area contributed by atoms with Crippen LogP contribution in [0.2, 0.25) is 0 Å². The highest BCUT2D eigenvalue weighted by Gasteiger charge is 2.28. The van der Waals surface area contributed by atoms with Crippen molar-refractivity contribution < 1.29 is 4.74 Å². The molecule has 0 aliphatic heterocycles. The van der Waals surface area contributed by atoms with Crippen molar-refractivity contribution in [3.05, 3.63) is 42.0 Å². The normalized spacial score (nSPS) is 17.4. The zero-order valence-electron chi connectivity index (χ0n) is 10.7. The quantitative estimate of drug-likeness (QED) is 0.890. The lowest BCUT2D eigenvalue weighted by Crippen LogP contribution is -2.27. The van der Waals surface area contributed by atoms with Gasteiger partial charge in [-0.15, -0.1) is 0 Å². The van der Waals surface area contributed by atoms with Gasteiger partial charge in [-0.05, 0) is 35.6 Å². The molecule has 2 heteroatoms. The van der Waals surface area contributed by atoms with Gasteiger partial charge in [0.25, 0.3) is 0 Å². The molecular weight excluding hydrogens is 222 g/mol. The fourth-order valence-corrected chi connectivity index (χ4v) is 2.83. The lowest BCUT2D eigenvalue weighted by Gasteiger charge is -2.32. The van der Waals surface area contributed by atoms with E-state index in [0.29, 0.717) is 5.92 Å². The van der Waals surface area contributed by atoms with Crippen LogP contribution in [0.3, 0.4) is 0 Å². The van der Waals surface area contributed by atoms with E-state index in [-0.39, 0.29) is 6.04 Å². The number of nitrogens with two attached hydrogens (primary N) is 1. The van der Waals surface area contributed by atoms with Crippen LogP contribution >= 0.6 is 0 Å². The van der Waals surface area contributed by atoms with Gasteiger partial charge in [0, 0.05) is 11.6 Å². The Morgan fingerprint density at radius 2 is 1.94 bits per heavy atom. The Hall–Kier alpha value is -1.54. The Labute approximate surface area is 108 Å². The van der Waals surface area contributed by atoms with Crippen molar-refractivity contribution in [2.75, 3.05) is 7.11 Å². The van der Waals surface area contributed by atoms with Gasteiger partial charge in [0.15, 0.2) is 0 Å². The van der Waals surface area contributed by atoms with E-state index in [0.717, 1.165) is 5.75 Å². The number of methoxy groups -OCH3 is 1. The van der Waals surface area contributed by atoms with Crippen LogP contribution < -0.4 is 10.5 Å². The van der Waals surface area contributed by atoms with Crippen molar-refractivity contribution in [3.8, 4) is 5.75 Å². The second kappa shape index (κ2) is 4.62. The third-order valence-electron chi connectivity index (χ3n) is 4.14. The fraction of sp³-hybridized carbons (Fsp3) is 0.375. The maximum absolute atomic E-state index is 6.46. The molecular formula is C16H19NO. The SMILES string of the molecule is COc1ccc2ccccc2c1[C@H](N)C1CCC1. The number of hydrogen-bond acceptors (Lipinski definition) is 2. The molecule has 18 heavy (non-hydrogen) atoms. The number of ether oxygens (including phenoxy) is 1. The average molecular weight is 241 g/mol. The van der Waals surface area contributed by atoms with Gasteiger partial charge < -0.3 is 10.5 Å². The molecule has 0 unspecified atom stereocenters. The van der Waals surface area contributed by atoms with Crippen LogP contribution in [0, 0.1) is 5.92 Å². The molecule has 1 aliphatic carbocycles. The third kappa shape index (κ3) is 1.77. The minimum atomic E-state index is 0.0970. The van der Waals surface area contributed by atoms with E-state index in [4.69, 9.17) is 10.5 Å². The lowest BCUT2D eigenvalue weighted by atomic mass is 9.76. The zero-order valence-corrected chi connectivity index (χ0v) is 10.7. The fourth-order valence-electron chi connectivity index (χ4n) is 2.83. The maximum atomic E-state index is 6.46. The first-order chi connectivity index (χ1) is 8.81. The summed E-state index contributed by atoms with van der Waals surface area (Å²) in [4.78, 5) is 0. The van der Waals surface area contributed by atoms with Gasteiger partial charge in [0.1, 0.15) is 5.75 Å². The van der Waals surface area contributed by atoms with Gasteiger partial charge in [0.05, 0.1) is 7.11 Å². The summed E-state index contributed by atoms with van der Waals surface area (Å²) in [6.07, 6.45) is 3.80. The predicted octanol–water partition coefficient (Wildman–Crippen LogP) is 3.65. The Bertz CT molecular complexity index is 560. The molecule has 0 spiro atoms. The molecule has 0 saturated heterocycles. The van der Waals surface area contributed by atoms with Gasteiger partial charge in [-0.3, -0.25) is 0 Å². The number of rotatable bonds is 3. The van der Waals surface area contributed by atoms with Crippen LogP contribution in [0.15, 0.2) is 36.4 Å². The van der Waals surface area contributed by atoms with Gasteiger partial charge >= 0.3 is 0 Å². The largest absolute Gasteiger partial charge is 0.496 e. The molecule has 1 aliphatic rings. The number of hydrogen-bond donors (Lipinski definition) is 1. The summed E-state index contributed by atoms with van der Waals surface area (Å²) in [5.74, 6) is 1.54.